The highest BCUT2D eigenvalue weighted by molar-refractivity contribution is 5.87. The summed E-state index contributed by atoms with van der Waals surface area (Å²) in [6.07, 6.45) is 2.94. The van der Waals surface area contributed by atoms with Gasteiger partial charge in [0.25, 0.3) is 0 Å². The molecule has 1 amide bonds. The maximum absolute atomic E-state index is 11.3. The highest BCUT2D eigenvalue weighted by atomic mass is 16.4. The Morgan fingerprint density at radius 1 is 1.35 bits per heavy atom. The monoisotopic (exact) mass is 274 g/mol. The molecule has 0 fully saturated rings. The van der Waals surface area contributed by atoms with E-state index in [4.69, 9.17) is 0 Å². The van der Waals surface area contributed by atoms with Gasteiger partial charge in [-0.3, -0.25) is 4.79 Å². The minimum absolute atomic E-state index is 0.285. The van der Waals surface area contributed by atoms with Crippen LogP contribution in [0.1, 0.15) is 25.0 Å². The van der Waals surface area contributed by atoms with Gasteiger partial charge >= 0.3 is 5.97 Å². The number of fused-ring (bicyclic) bond motifs is 1. The second kappa shape index (κ2) is 5.77. The molecule has 0 radical (unpaired) electrons. The molecule has 5 nitrogen and oxygen atoms in total. The third-order valence-electron chi connectivity index (χ3n) is 3.41. The summed E-state index contributed by atoms with van der Waals surface area (Å²) in [4.78, 5) is 25.5. The van der Waals surface area contributed by atoms with Gasteiger partial charge in [-0.25, -0.2) is 4.79 Å². The summed E-state index contributed by atoms with van der Waals surface area (Å²) in [5.74, 6) is -1.36. The Balaban J connectivity index is 2.42. The van der Waals surface area contributed by atoms with Crippen LogP contribution >= 0.6 is 0 Å². The van der Waals surface area contributed by atoms with Crippen LogP contribution in [0.3, 0.4) is 0 Å². The summed E-state index contributed by atoms with van der Waals surface area (Å²) >= 11 is 0. The van der Waals surface area contributed by atoms with Gasteiger partial charge in [-0.05, 0) is 29.7 Å². The van der Waals surface area contributed by atoms with E-state index in [1.165, 1.54) is 6.92 Å². The number of carboxylic acid groups (broad SMARTS) is 1. The van der Waals surface area contributed by atoms with Gasteiger partial charge in [-0.15, -0.1) is 0 Å². The zero-order chi connectivity index (χ0) is 14.7. The van der Waals surface area contributed by atoms with E-state index in [-0.39, 0.29) is 12.3 Å². The van der Waals surface area contributed by atoms with Gasteiger partial charge in [0.15, 0.2) is 0 Å². The van der Waals surface area contributed by atoms with E-state index in [1.54, 1.807) is 0 Å². The number of aromatic amines is 1. The van der Waals surface area contributed by atoms with E-state index in [1.807, 2.05) is 31.3 Å². The van der Waals surface area contributed by atoms with E-state index < -0.39 is 12.0 Å². The zero-order valence-electron chi connectivity index (χ0n) is 11.6. The van der Waals surface area contributed by atoms with Crippen LogP contribution in [0.15, 0.2) is 24.4 Å². The Morgan fingerprint density at radius 2 is 2.10 bits per heavy atom. The van der Waals surface area contributed by atoms with E-state index in [9.17, 15) is 14.7 Å². The smallest absolute Gasteiger partial charge is 0.326 e. The lowest BCUT2D eigenvalue weighted by atomic mass is 9.95. The molecular weight excluding hydrogens is 256 g/mol. The Labute approximate surface area is 117 Å². The number of aromatic nitrogens is 1. The number of carboxylic acids is 1. The Morgan fingerprint density at radius 3 is 2.70 bits per heavy atom. The van der Waals surface area contributed by atoms with Crippen molar-refractivity contribution in [2.75, 3.05) is 0 Å². The second-order valence-electron chi connectivity index (χ2n) is 4.79. The lowest BCUT2D eigenvalue weighted by Gasteiger charge is -2.16. The van der Waals surface area contributed by atoms with Crippen LogP contribution in [-0.4, -0.2) is 28.0 Å². The van der Waals surface area contributed by atoms with Crippen molar-refractivity contribution in [3.63, 3.8) is 0 Å². The van der Waals surface area contributed by atoms with E-state index in [0.29, 0.717) is 0 Å². The lowest BCUT2D eigenvalue weighted by molar-refractivity contribution is -0.141. The third-order valence-corrected chi connectivity index (χ3v) is 3.41. The van der Waals surface area contributed by atoms with E-state index in [0.717, 1.165) is 28.5 Å². The molecule has 1 unspecified atom stereocenters. The molecule has 5 heteroatoms. The quantitative estimate of drug-likeness (QED) is 0.778. The summed E-state index contributed by atoms with van der Waals surface area (Å²) in [7, 11) is 0. The molecule has 2 aromatic rings. The van der Waals surface area contributed by atoms with Gasteiger partial charge in [0.1, 0.15) is 6.04 Å². The predicted molar refractivity (Wildman–Crippen MR) is 76.6 cm³/mol. The number of carbonyl (C=O) groups is 2. The molecule has 0 aliphatic heterocycles. The Hall–Kier alpha value is -2.30. The lowest BCUT2D eigenvalue weighted by Crippen LogP contribution is -2.41. The van der Waals surface area contributed by atoms with E-state index in [2.05, 4.69) is 10.3 Å². The summed E-state index contributed by atoms with van der Waals surface area (Å²) in [5.41, 5.74) is 3.06. The number of hydrogen-bond donors (Lipinski definition) is 3. The average Bonchev–Trinajstić information content (AvgIpc) is 2.86. The van der Waals surface area contributed by atoms with Crippen LogP contribution in [-0.2, 0) is 22.4 Å². The van der Waals surface area contributed by atoms with Crippen LogP contribution < -0.4 is 5.32 Å². The number of hydrogen-bond acceptors (Lipinski definition) is 2. The van der Waals surface area contributed by atoms with Crippen molar-refractivity contribution in [2.45, 2.75) is 32.7 Å². The van der Waals surface area contributed by atoms with Gasteiger partial charge < -0.3 is 15.4 Å². The molecule has 20 heavy (non-hydrogen) atoms. The molecule has 1 aromatic carbocycles. The van der Waals surface area contributed by atoms with Crippen molar-refractivity contribution in [3.8, 4) is 0 Å². The number of carbonyl (C=O) groups excluding carboxylic acids is 1. The number of H-pyrrole nitrogens is 1. The molecule has 0 saturated carbocycles. The minimum atomic E-state index is -1.02. The van der Waals surface area contributed by atoms with Crippen LogP contribution in [0, 0.1) is 0 Å². The van der Waals surface area contributed by atoms with Gasteiger partial charge in [0.05, 0.1) is 0 Å². The molecule has 106 valence electrons. The second-order valence-corrected chi connectivity index (χ2v) is 4.79. The molecule has 0 aliphatic rings. The molecule has 3 N–H and O–H groups in total. The first-order valence-electron chi connectivity index (χ1n) is 6.60. The molecule has 0 bridgehead atoms. The molecule has 2 rings (SSSR count). The maximum atomic E-state index is 11.3. The largest absolute Gasteiger partial charge is 0.480 e. The minimum Gasteiger partial charge on any atom is -0.480 e. The molecule has 1 aromatic heterocycles. The summed E-state index contributed by atoms with van der Waals surface area (Å²) in [6.45, 7) is 3.36. The van der Waals surface area contributed by atoms with Crippen molar-refractivity contribution in [2.24, 2.45) is 0 Å². The molecule has 0 saturated heterocycles. The summed E-state index contributed by atoms with van der Waals surface area (Å²) in [6, 6.07) is 5.03. The standard InChI is InChI=1S/C15H18N2O3/c1-3-10-4-5-13-11(6-7-16-13)12(10)8-14(15(19)20)17-9(2)18/h4-7,14,16H,3,8H2,1-2H3,(H,17,18)(H,19,20). The Kier molecular flexibility index (Phi) is 4.08. The number of rotatable bonds is 5. The predicted octanol–water partition coefficient (Wildman–Crippen LogP) is 1.86. The molecule has 1 heterocycles. The average molecular weight is 274 g/mol. The van der Waals surface area contributed by atoms with Crippen molar-refractivity contribution in [1.29, 1.82) is 0 Å². The molecule has 0 spiro atoms. The van der Waals surface area contributed by atoms with Gasteiger partial charge in [-0.1, -0.05) is 13.0 Å². The zero-order valence-corrected chi connectivity index (χ0v) is 11.6. The van der Waals surface area contributed by atoms with Crippen molar-refractivity contribution in [1.82, 2.24) is 10.3 Å². The van der Waals surface area contributed by atoms with Gasteiger partial charge in [-0.2, -0.15) is 0 Å². The van der Waals surface area contributed by atoms with Crippen LogP contribution in [0.25, 0.3) is 10.9 Å². The fourth-order valence-corrected chi connectivity index (χ4v) is 2.46. The topological polar surface area (TPSA) is 82.2 Å². The normalized spacial score (nSPS) is 12.3. The van der Waals surface area contributed by atoms with E-state index >= 15 is 0 Å². The molecular formula is C15H18N2O3. The number of benzene rings is 1. The first-order valence-corrected chi connectivity index (χ1v) is 6.60. The SMILES string of the molecule is CCc1ccc2[nH]ccc2c1CC(NC(C)=O)C(=O)O. The number of nitrogens with one attached hydrogen (secondary N) is 2. The highest BCUT2D eigenvalue weighted by Gasteiger charge is 2.21. The highest BCUT2D eigenvalue weighted by Crippen LogP contribution is 2.23. The number of aryl methyl sites for hydroxylation is 1. The van der Waals surface area contributed by atoms with Crippen LogP contribution in [0.5, 0.6) is 0 Å². The molecule has 1 atom stereocenters. The van der Waals surface area contributed by atoms with Crippen molar-refractivity contribution >= 4 is 22.8 Å². The fraction of sp³-hybridized carbons (Fsp3) is 0.333. The van der Waals surface area contributed by atoms with Gasteiger partial charge in [0.2, 0.25) is 5.91 Å². The molecule has 0 aliphatic carbocycles. The summed E-state index contributed by atoms with van der Waals surface area (Å²) < 4.78 is 0. The maximum Gasteiger partial charge on any atom is 0.326 e. The Bertz CT molecular complexity index is 646. The first-order chi connectivity index (χ1) is 9.52. The first kappa shape index (κ1) is 14.1. The fourth-order valence-electron chi connectivity index (χ4n) is 2.46. The summed E-state index contributed by atoms with van der Waals surface area (Å²) in [5, 5.41) is 12.7. The van der Waals surface area contributed by atoms with Crippen molar-refractivity contribution < 1.29 is 14.7 Å². The van der Waals surface area contributed by atoms with Crippen molar-refractivity contribution in [3.05, 3.63) is 35.5 Å². The van der Waals surface area contributed by atoms with Crippen LogP contribution in [0.4, 0.5) is 0 Å². The van der Waals surface area contributed by atoms with Gasteiger partial charge in [0, 0.05) is 30.4 Å². The number of amides is 1. The number of aliphatic carboxylic acids is 1. The van der Waals surface area contributed by atoms with Crippen LogP contribution in [0.2, 0.25) is 0 Å². The third kappa shape index (κ3) is 2.82.